The van der Waals surface area contributed by atoms with Crippen LogP contribution in [0.4, 0.5) is 6.01 Å². The van der Waals surface area contributed by atoms with E-state index < -0.39 is 5.41 Å². The van der Waals surface area contributed by atoms with Gasteiger partial charge in [0, 0.05) is 27.7 Å². The summed E-state index contributed by atoms with van der Waals surface area (Å²) in [6.45, 7) is 4.06. The SMILES string of the molecule is CC1(C)CC(=O)C2=C(C1)NC(=O)C21c2cc(Br)ccc2-c2oc(N)nc21. The number of nitrogens with zero attached hydrogens (tertiary/aromatic N) is 1. The van der Waals surface area contributed by atoms with Crippen molar-refractivity contribution in [3.8, 4) is 11.3 Å². The molecule has 2 aliphatic carbocycles. The highest BCUT2D eigenvalue weighted by Crippen LogP contribution is 2.58. The highest BCUT2D eigenvalue weighted by atomic mass is 79.9. The van der Waals surface area contributed by atoms with E-state index in [4.69, 9.17) is 10.2 Å². The zero-order valence-corrected chi connectivity index (χ0v) is 15.9. The molecule has 2 heterocycles. The van der Waals surface area contributed by atoms with Crippen LogP contribution in [0.5, 0.6) is 0 Å². The zero-order chi connectivity index (χ0) is 18.4. The van der Waals surface area contributed by atoms with Crippen molar-refractivity contribution in [1.82, 2.24) is 10.3 Å². The van der Waals surface area contributed by atoms with E-state index in [0.29, 0.717) is 41.1 Å². The number of nitrogen functional groups attached to an aromatic ring is 1. The lowest BCUT2D eigenvalue weighted by molar-refractivity contribution is -0.124. The van der Waals surface area contributed by atoms with Crippen LogP contribution in [-0.4, -0.2) is 16.7 Å². The molecule has 1 amide bonds. The fraction of sp³-hybridized carbons (Fsp3) is 0.316. The van der Waals surface area contributed by atoms with Crippen LogP contribution in [0.2, 0.25) is 0 Å². The van der Waals surface area contributed by atoms with Gasteiger partial charge in [-0.15, -0.1) is 0 Å². The fourth-order valence-electron chi connectivity index (χ4n) is 4.62. The normalized spacial score (nSPS) is 25.3. The Morgan fingerprint density at radius 2 is 2.04 bits per heavy atom. The van der Waals surface area contributed by atoms with Gasteiger partial charge < -0.3 is 15.5 Å². The van der Waals surface area contributed by atoms with E-state index in [2.05, 4.69) is 26.2 Å². The van der Waals surface area contributed by atoms with Crippen molar-refractivity contribution >= 4 is 33.6 Å². The van der Waals surface area contributed by atoms with Gasteiger partial charge in [-0.2, -0.15) is 4.98 Å². The minimum absolute atomic E-state index is 0.00613. The third-order valence-electron chi connectivity index (χ3n) is 5.48. The molecule has 3 N–H and O–H groups in total. The first-order chi connectivity index (χ1) is 12.2. The average molecular weight is 414 g/mol. The van der Waals surface area contributed by atoms with Crippen LogP contribution in [0.1, 0.15) is 37.9 Å². The molecule has 0 bridgehead atoms. The van der Waals surface area contributed by atoms with Crippen LogP contribution in [0.15, 0.2) is 38.4 Å². The molecule has 1 aromatic carbocycles. The molecule has 0 saturated carbocycles. The standard InChI is InChI=1S/C19H16BrN3O3/c1-18(2)6-11-13(12(24)7-18)19(16(25)22-11)10-5-8(20)3-4-9(10)14-15(19)23-17(21)26-14/h3-5H,6-7H2,1-2H3,(H2,21,23)(H,22,25). The maximum absolute atomic E-state index is 13.3. The molecular weight excluding hydrogens is 398 g/mol. The summed E-state index contributed by atoms with van der Waals surface area (Å²) >= 11 is 3.48. The van der Waals surface area contributed by atoms with Gasteiger partial charge in [-0.3, -0.25) is 9.59 Å². The first-order valence-electron chi connectivity index (χ1n) is 8.39. The molecule has 0 saturated heterocycles. The summed E-state index contributed by atoms with van der Waals surface area (Å²) in [5, 5.41) is 2.97. The number of Topliss-reactive ketones (excluding diaryl/α,β-unsaturated/α-hetero) is 1. The largest absolute Gasteiger partial charge is 0.423 e. The number of aromatic nitrogens is 1. The number of carbonyl (C=O) groups is 2. The van der Waals surface area contributed by atoms with E-state index in [0.717, 1.165) is 10.0 Å². The van der Waals surface area contributed by atoms with Crippen LogP contribution >= 0.6 is 15.9 Å². The van der Waals surface area contributed by atoms with Gasteiger partial charge in [-0.1, -0.05) is 29.8 Å². The number of fused-ring (bicyclic) bond motifs is 6. The molecule has 1 aromatic heterocycles. The summed E-state index contributed by atoms with van der Waals surface area (Å²) < 4.78 is 6.44. The minimum Gasteiger partial charge on any atom is -0.423 e. The Hall–Kier alpha value is -2.41. The Morgan fingerprint density at radius 3 is 2.81 bits per heavy atom. The zero-order valence-electron chi connectivity index (χ0n) is 14.3. The Labute approximate surface area is 158 Å². The molecule has 0 radical (unpaired) electrons. The highest BCUT2D eigenvalue weighted by Gasteiger charge is 2.62. The Balaban J connectivity index is 1.89. The van der Waals surface area contributed by atoms with Gasteiger partial charge in [0.15, 0.2) is 17.0 Å². The molecule has 7 heteroatoms. The predicted molar refractivity (Wildman–Crippen MR) is 98.0 cm³/mol. The monoisotopic (exact) mass is 413 g/mol. The maximum atomic E-state index is 13.3. The molecule has 5 rings (SSSR count). The maximum Gasteiger partial charge on any atom is 0.292 e. The van der Waals surface area contributed by atoms with E-state index in [1.807, 2.05) is 32.0 Å². The summed E-state index contributed by atoms with van der Waals surface area (Å²) in [6.07, 6.45) is 1.02. The third kappa shape index (κ3) is 1.74. The molecule has 3 aliphatic rings. The van der Waals surface area contributed by atoms with E-state index >= 15 is 0 Å². The fourth-order valence-corrected chi connectivity index (χ4v) is 4.98. The first-order valence-corrected chi connectivity index (χ1v) is 9.19. The lowest BCUT2D eigenvalue weighted by Gasteiger charge is -2.32. The quantitative estimate of drug-likeness (QED) is 0.691. The number of hydrogen-bond acceptors (Lipinski definition) is 5. The smallest absolute Gasteiger partial charge is 0.292 e. The van der Waals surface area contributed by atoms with Gasteiger partial charge >= 0.3 is 0 Å². The third-order valence-corrected chi connectivity index (χ3v) is 5.98. The van der Waals surface area contributed by atoms with Gasteiger partial charge in [-0.25, -0.2) is 0 Å². The molecule has 26 heavy (non-hydrogen) atoms. The summed E-state index contributed by atoms with van der Waals surface area (Å²) in [6, 6.07) is 5.59. The first kappa shape index (κ1) is 15.8. The Morgan fingerprint density at radius 1 is 1.27 bits per heavy atom. The molecular formula is C19H16BrN3O3. The van der Waals surface area contributed by atoms with Gasteiger partial charge in [0.1, 0.15) is 5.69 Å². The van der Waals surface area contributed by atoms with Crippen molar-refractivity contribution in [2.75, 3.05) is 5.73 Å². The summed E-state index contributed by atoms with van der Waals surface area (Å²) in [7, 11) is 0. The van der Waals surface area contributed by atoms with E-state index in [1.54, 1.807) is 0 Å². The average Bonchev–Trinajstić information content (AvgIpc) is 3.10. The number of anilines is 1. The second-order valence-corrected chi connectivity index (χ2v) is 8.83. The second kappa shape index (κ2) is 4.65. The molecule has 1 atom stereocenters. The van der Waals surface area contributed by atoms with Crippen molar-refractivity contribution < 1.29 is 14.0 Å². The minimum atomic E-state index is -1.28. The lowest BCUT2D eigenvalue weighted by atomic mass is 9.67. The molecule has 6 nitrogen and oxygen atoms in total. The number of hydrogen-bond donors (Lipinski definition) is 2. The van der Waals surface area contributed by atoms with Crippen molar-refractivity contribution in [2.24, 2.45) is 5.41 Å². The molecule has 132 valence electrons. The number of allylic oxidation sites excluding steroid dienone is 1. The van der Waals surface area contributed by atoms with E-state index in [1.165, 1.54) is 0 Å². The van der Waals surface area contributed by atoms with E-state index in [-0.39, 0.29) is 23.1 Å². The van der Waals surface area contributed by atoms with Gasteiger partial charge in [0.25, 0.3) is 6.01 Å². The van der Waals surface area contributed by atoms with Crippen LogP contribution in [0, 0.1) is 5.41 Å². The van der Waals surface area contributed by atoms with Gasteiger partial charge in [-0.05, 0) is 35.6 Å². The lowest BCUT2D eigenvalue weighted by Crippen LogP contribution is -2.40. The second-order valence-electron chi connectivity index (χ2n) is 7.92. The van der Waals surface area contributed by atoms with Crippen LogP contribution < -0.4 is 11.1 Å². The van der Waals surface area contributed by atoms with E-state index in [9.17, 15) is 9.59 Å². The Kier molecular flexibility index (Phi) is 2.83. The molecule has 1 unspecified atom stereocenters. The van der Waals surface area contributed by atoms with Gasteiger partial charge in [0.05, 0.1) is 0 Å². The number of halogens is 1. The number of rotatable bonds is 0. The molecule has 0 fully saturated rings. The number of benzene rings is 1. The molecule has 1 aliphatic heterocycles. The summed E-state index contributed by atoms with van der Waals surface area (Å²) in [5.41, 5.74) is 7.38. The highest BCUT2D eigenvalue weighted by molar-refractivity contribution is 9.10. The van der Waals surface area contributed by atoms with Crippen molar-refractivity contribution in [3.05, 3.63) is 45.2 Å². The van der Waals surface area contributed by atoms with Crippen LogP contribution in [-0.2, 0) is 15.0 Å². The number of nitrogens with one attached hydrogen (secondary N) is 1. The number of ketones is 1. The summed E-state index contributed by atoms with van der Waals surface area (Å²) in [4.78, 5) is 30.8. The van der Waals surface area contributed by atoms with Crippen LogP contribution in [0.25, 0.3) is 11.3 Å². The summed E-state index contributed by atoms with van der Waals surface area (Å²) in [5.74, 6) is 0.168. The van der Waals surface area contributed by atoms with Gasteiger partial charge in [0.2, 0.25) is 5.91 Å². The number of nitrogens with two attached hydrogens (primary N) is 1. The number of oxazole rings is 1. The molecule has 1 spiro atoms. The van der Waals surface area contributed by atoms with Crippen LogP contribution in [0.3, 0.4) is 0 Å². The van der Waals surface area contributed by atoms with Crippen molar-refractivity contribution in [1.29, 1.82) is 0 Å². The number of amides is 1. The Bertz CT molecular complexity index is 1070. The van der Waals surface area contributed by atoms with Crippen molar-refractivity contribution in [3.63, 3.8) is 0 Å². The number of carbonyl (C=O) groups excluding carboxylic acids is 2. The molecule has 2 aromatic rings. The topological polar surface area (TPSA) is 98.2 Å². The van der Waals surface area contributed by atoms with Crippen molar-refractivity contribution in [2.45, 2.75) is 32.1 Å². The predicted octanol–water partition coefficient (Wildman–Crippen LogP) is 3.06.